The number of aromatic nitrogens is 2. The predicted molar refractivity (Wildman–Crippen MR) is 119 cm³/mol. The molecule has 1 saturated carbocycles. The normalized spacial score (nSPS) is 13.5. The molecule has 5 rings (SSSR count). The minimum absolute atomic E-state index is 0.336. The number of carbonyl (C=O) groups is 1. The fourth-order valence-electron chi connectivity index (χ4n) is 4.27. The topological polar surface area (TPSA) is 55.0 Å². The van der Waals surface area contributed by atoms with Crippen LogP contribution in [0.1, 0.15) is 51.6 Å². The number of methoxy groups -OCH3 is 1. The van der Waals surface area contributed by atoms with E-state index >= 15 is 0 Å². The third kappa shape index (κ3) is 3.39. The van der Waals surface area contributed by atoms with Gasteiger partial charge in [-0.3, -0.25) is 0 Å². The molecule has 0 radical (unpaired) electrons. The molecule has 2 aromatic heterocycles. The number of ether oxygens (including phenoxy) is 1. The van der Waals surface area contributed by atoms with Crippen LogP contribution in [0, 0.1) is 6.92 Å². The molecule has 0 amide bonds. The van der Waals surface area contributed by atoms with E-state index < -0.39 is 5.97 Å². The Labute approximate surface area is 175 Å². The predicted octanol–water partition coefficient (Wildman–Crippen LogP) is 5.79. The summed E-state index contributed by atoms with van der Waals surface area (Å²) in [7, 11) is 1.38. The van der Waals surface area contributed by atoms with E-state index in [0.29, 0.717) is 18.0 Å². The van der Waals surface area contributed by atoms with Gasteiger partial charge in [0.1, 0.15) is 5.69 Å². The maximum atomic E-state index is 11.9. The van der Waals surface area contributed by atoms with Crippen LogP contribution in [0.2, 0.25) is 0 Å². The molecule has 0 spiro atoms. The number of fused-ring (bicyclic) bond motifs is 1. The van der Waals surface area contributed by atoms with Gasteiger partial charge in [0.2, 0.25) is 0 Å². The molecule has 1 fully saturated rings. The summed E-state index contributed by atoms with van der Waals surface area (Å²) < 4.78 is 4.84. The Kier molecular flexibility index (Phi) is 4.62. The summed E-state index contributed by atoms with van der Waals surface area (Å²) in [5, 5.41) is 1.22. The average Bonchev–Trinajstić information content (AvgIpc) is 3.57. The number of hydrogen-bond acceptors (Lipinski definition) is 3. The summed E-state index contributed by atoms with van der Waals surface area (Å²) in [6.07, 6.45) is 3.21. The first-order chi connectivity index (χ1) is 14.6. The Morgan fingerprint density at radius 3 is 2.63 bits per heavy atom. The van der Waals surface area contributed by atoms with Crippen LogP contribution in [0.15, 0.2) is 60.7 Å². The number of pyridine rings is 1. The zero-order valence-electron chi connectivity index (χ0n) is 17.2. The van der Waals surface area contributed by atoms with Crippen LogP contribution in [0.5, 0.6) is 0 Å². The number of rotatable bonds is 5. The van der Waals surface area contributed by atoms with Crippen molar-refractivity contribution in [1.82, 2.24) is 9.97 Å². The molecule has 0 unspecified atom stereocenters. The smallest absolute Gasteiger partial charge is 0.356 e. The standard InChI is InChI=1S/C26H24N2O2/c1-16-13-21-22(14-19-9-6-10-23(27-19)26(29)30-2)25(18-7-4-3-5-8-18)28-24(21)15-20(16)17-11-12-17/h3-10,13,15,17,28H,11-12,14H2,1-2H3. The number of aromatic amines is 1. The number of hydrogen-bond donors (Lipinski definition) is 1. The van der Waals surface area contributed by atoms with E-state index in [-0.39, 0.29) is 0 Å². The number of carbonyl (C=O) groups excluding carboxylic acids is 1. The van der Waals surface area contributed by atoms with Crippen LogP contribution < -0.4 is 0 Å². The van der Waals surface area contributed by atoms with Gasteiger partial charge >= 0.3 is 5.97 Å². The molecule has 1 N–H and O–H groups in total. The molecular formula is C26H24N2O2. The molecule has 4 aromatic rings. The second-order valence-corrected chi connectivity index (χ2v) is 8.06. The van der Waals surface area contributed by atoms with Gasteiger partial charge in [0.25, 0.3) is 0 Å². The van der Waals surface area contributed by atoms with Gasteiger partial charge in [0.05, 0.1) is 12.8 Å². The summed E-state index contributed by atoms with van der Waals surface area (Å²) in [6.45, 7) is 2.21. The van der Waals surface area contributed by atoms with Crippen LogP contribution in [0.3, 0.4) is 0 Å². The van der Waals surface area contributed by atoms with E-state index in [1.54, 1.807) is 6.07 Å². The van der Waals surface area contributed by atoms with Gasteiger partial charge in [0.15, 0.2) is 0 Å². The highest BCUT2D eigenvalue weighted by atomic mass is 16.5. The zero-order valence-corrected chi connectivity index (χ0v) is 17.2. The summed E-state index contributed by atoms with van der Waals surface area (Å²) in [4.78, 5) is 20.2. The first-order valence-electron chi connectivity index (χ1n) is 10.4. The van der Waals surface area contributed by atoms with Gasteiger partial charge in [-0.25, -0.2) is 9.78 Å². The largest absolute Gasteiger partial charge is 0.464 e. The average molecular weight is 396 g/mol. The number of benzene rings is 2. The lowest BCUT2D eigenvalue weighted by molar-refractivity contribution is 0.0593. The van der Waals surface area contributed by atoms with Crippen molar-refractivity contribution in [3.05, 3.63) is 88.7 Å². The van der Waals surface area contributed by atoms with E-state index in [2.05, 4.69) is 53.3 Å². The number of nitrogens with one attached hydrogen (secondary N) is 1. The molecule has 0 aliphatic heterocycles. The van der Waals surface area contributed by atoms with Crippen molar-refractivity contribution in [2.24, 2.45) is 0 Å². The zero-order chi connectivity index (χ0) is 20.7. The van der Waals surface area contributed by atoms with Gasteiger partial charge in [-0.2, -0.15) is 0 Å². The highest BCUT2D eigenvalue weighted by Crippen LogP contribution is 2.43. The van der Waals surface area contributed by atoms with Crippen LogP contribution >= 0.6 is 0 Å². The summed E-state index contributed by atoms with van der Waals surface area (Å²) in [5.74, 6) is 0.295. The van der Waals surface area contributed by atoms with Crippen molar-refractivity contribution >= 4 is 16.9 Å². The van der Waals surface area contributed by atoms with Gasteiger partial charge in [-0.1, -0.05) is 36.4 Å². The second-order valence-electron chi connectivity index (χ2n) is 8.06. The van der Waals surface area contributed by atoms with Crippen LogP contribution in [0.4, 0.5) is 0 Å². The summed E-state index contributed by atoms with van der Waals surface area (Å²) in [6, 6.07) is 20.6. The maximum Gasteiger partial charge on any atom is 0.356 e. The van der Waals surface area contributed by atoms with Gasteiger partial charge in [0, 0.05) is 23.0 Å². The van der Waals surface area contributed by atoms with Gasteiger partial charge in [-0.05, 0) is 72.2 Å². The molecule has 1 aliphatic carbocycles. The molecule has 30 heavy (non-hydrogen) atoms. The SMILES string of the molecule is COC(=O)c1cccc(Cc2c(-c3ccccc3)[nH]c3cc(C4CC4)c(C)cc23)n1. The molecule has 4 nitrogen and oxygen atoms in total. The van der Waals surface area contributed by atoms with Crippen molar-refractivity contribution in [1.29, 1.82) is 0 Å². The summed E-state index contributed by atoms with van der Waals surface area (Å²) in [5.41, 5.74) is 8.63. The Hall–Kier alpha value is -3.40. The Balaban J connectivity index is 1.65. The molecule has 0 bridgehead atoms. The molecule has 4 heteroatoms. The van der Waals surface area contributed by atoms with Crippen molar-refractivity contribution in [3.8, 4) is 11.3 Å². The van der Waals surface area contributed by atoms with E-state index in [9.17, 15) is 4.79 Å². The Morgan fingerprint density at radius 2 is 1.90 bits per heavy atom. The number of H-pyrrole nitrogens is 1. The highest BCUT2D eigenvalue weighted by Gasteiger charge is 2.26. The minimum atomic E-state index is -0.413. The van der Waals surface area contributed by atoms with E-state index in [1.807, 2.05) is 18.2 Å². The lowest BCUT2D eigenvalue weighted by atomic mass is 9.97. The number of aryl methyl sites for hydroxylation is 1. The van der Waals surface area contributed by atoms with Crippen molar-refractivity contribution in [2.45, 2.75) is 32.1 Å². The Bertz CT molecular complexity index is 1240. The second kappa shape index (κ2) is 7.45. The number of esters is 1. The van der Waals surface area contributed by atoms with Crippen LogP contribution in [0.25, 0.3) is 22.2 Å². The van der Waals surface area contributed by atoms with E-state index in [1.165, 1.54) is 47.5 Å². The summed E-state index contributed by atoms with van der Waals surface area (Å²) >= 11 is 0. The first-order valence-corrected chi connectivity index (χ1v) is 10.4. The monoisotopic (exact) mass is 396 g/mol. The van der Waals surface area contributed by atoms with Gasteiger partial charge in [-0.15, -0.1) is 0 Å². The minimum Gasteiger partial charge on any atom is -0.464 e. The fraction of sp³-hybridized carbons (Fsp3) is 0.231. The molecule has 150 valence electrons. The van der Waals surface area contributed by atoms with E-state index in [4.69, 9.17) is 4.74 Å². The number of nitrogens with zero attached hydrogens (tertiary/aromatic N) is 1. The molecule has 0 saturated heterocycles. The first kappa shape index (κ1) is 18.6. The third-order valence-electron chi connectivity index (χ3n) is 5.93. The fourth-order valence-corrected chi connectivity index (χ4v) is 4.27. The van der Waals surface area contributed by atoms with E-state index in [0.717, 1.165) is 17.0 Å². The van der Waals surface area contributed by atoms with Crippen molar-refractivity contribution < 1.29 is 9.53 Å². The highest BCUT2D eigenvalue weighted by molar-refractivity contribution is 5.92. The quantitative estimate of drug-likeness (QED) is 0.434. The molecule has 2 heterocycles. The molecule has 2 aromatic carbocycles. The molecule has 1 aliphatic rings. The third-order valence-corrected chi connectivity index (χ3v) is 5.93. The van der Waals surface area contributed by atoms with Gasteiger partial charge < -0.3 is 9.72 Å². The lowest BCUT2D eigenvalue weighted by Gasteiger charge is -2.08. The lowest BCUT2D eigenvalue weighted by Crippen LogP contribution is -2.06. The van der Waals surface area contributed by atoms with Crippen molar-refractivity contribution in [2.75, 3.05) is 7.11 Å². The van der Waals surface area contributed by atoms with Crippen LogP contribution in [-0.2, 0) is 11.2 Å². The Morgan fingerprint density at radius 1 is 1.10 bits per heavy atom. The molecule has 0 atom stereocenters. The van der Waals surface area contributed by atoms with Crippen molar-refractivity contribution in [3.63, 3.8) is 0 Å². The molecular weight excluding hydrogens is 372 g/mol. The maximum absolute atomic E-state index is 11.9. The van der Waals surface area contributed by atoms with Crippen LogP contribution in [-0.4, -0.2) is 23.0 Å².